The third-order valence-corrected chi connectivity index (χ3v) is 4.46. The van der Waals surface area contributed by atoms with E-state index in [1.165, 1.54) is 0 Å². The van der Waals surface area contributed by atoms with Crippen molar-refractivity contribution in [3.05, 3.63) is 42.0 Å². The Kier molecular flexibility index (Phi) is 6.39. The minimum Gasteiger partial charge on any atom is -0.339 e. The van der Waals surface area contributed by atoms with E-state index in [1.807, 2.05) is 46.2 Å². The van der Waals surface area contributed by atoms with Gasteiger partial charge in [-0.05, 0) is 24.5 Å². The number of benzene rings is 1. The molecule has 0 unspecified atom stereocenters. The van der Waals surface area contributed by atoms with Crippen LogP contribution in [-0.2, 0) is 9.59 Å². The van der Waals surface area contributed by atoms with Gasteiger partial charge in [0, 0.05) is 38.2 Å². The standard InChI is InChI=1S/C19H26N2O2/c1-3-17(4-2)19(23)21-14-12-20(13-15-21)18(22)11-10-16-8-6-5-7-9-16/h5-11,17H,3-4,12-15H2,1-2H3/b11-10+. The maximum atomic E-state index is 12.4. The largest absolute Gasteiger partial charge is 0.339 e. The molecule has 1 aliphatic rings. The smallest absolute Gasteiger partial charge is 0.246 e. The molecule has 4 heteroatoms. The van der Waals surface area contributed by atoms with E-state index in [0.29, 0.717) is 26.2 Å². The highest BCUT2D eigenvalue weighted by atomic mass is 16.2. The zero-order valence-electron chi connectivity index (χ0n) is 14.1. The Morgan fingerprint density at radius 3 is 2.13 bits per heavy atom. The van der Waals surface area contributed by atoms with Crippen LogP contribution in [0.4, 0.5) is 0 Å². The summed E-state index contributed by atoms with van der Waals surface area (Å²) in [7, 11) is 0. The number of nitrogens with zero attached hydrogens (tertiary/aromatic N) is 2. The van der Waals surface area contributed by atoms with Crippen LogP contribution in [0.2, 0.25) is 0 Å². The second-order valence-corrected chi connectivity index (χ2v) is 5.91. The molecule has 1 saturated heterocycles. The highest BCUT2D eigenvalue weighted by molar-refractivity contribution is 5.92. The summed E-state index contributed by atoms with van der Waals surface area (Å²) in [5, 5.41) is 0. The van der Waals surface area contributed by atoms with Crippen molar-refractivity contribution in [3.63, 3.8) is 0 Å². The van der Waals surface area contributed by atoms with E-state index in [0.717, 1.165) is 18.4 Å². The Hall–Kier alpha value is -2.10. The zero-order valence-corrected chi connectivity index (χ0v) is 14.1. The molecule has 2 amide bonds. The van der Waals surface area contributed by atoms with Crippen molar-refractivity contribution in [2.75, 3.05) is 26.2 Å². The van der Waals surface area contributed by atoms with Gasteiger partial charge in [0.05, 0.1) is 0 Å². The van der Waals surface area contributed by atoms with Gasteiger partial charge in [-0.15, -0.1) is 0 Å². The van der Waals surface area contributed by atoms with Gasteiger partial charge in [-0.1, -0.05) is 44.2 Å². The number of hydrogen-bond donors (Lipinski definition) is 0. The third kappa shape index (κ3) is 4.68. The van der Waals surface area contributed by atoms with Crippen LogP contribution >= 0.6 is 0 Å². The van der Waals surface area contributed by atoms with Gasteiger partial charge in [0.15, 0.2) is 0 Å². The molecule has 23 heavy (non-hydrogen) atoms. The number of piperazine rings is 1. The molecule has 0 aliphatic carbocycles. The average Bonchev–Trinajstić information content (AvgIpc) is 2.61. The first-order valence-corrected chi connectivity index (χ1v) is 8.46. The summed E-state index contributed by atoms with van der Waals surface area (Å²) in [5.41, 5.74) is 1.02. The molecule has 124 valence electrons. The molecule has 4 nitrogen and oxygen atoms in total. The van der Waals surface area contributed by atoms with Crippen molar-refractivity contribution in [3.8, 4) is 0 Å². The normalized spacial score (nSPS) is 15.4. The fraction of sp³-hybridized carbons (Fsp3) is 0.474. The molecule has 0 saturated carbocycles. The minimum atomic E-state index is 0.0171. The molecule has 1 aromatic carbocycles. The molecule has 0 radical (unpaired) electrons. The van der Waals surface area contributed by atoms with Crippen molar-refractivity contribution in [2.45, 2.75) is 26.7 Å². The number of carbonyl (C=O) groups is 2. The Morgan fingerprint density at radius 1 is 1.00 bits per heavy atom. The van der Waals surface area contributed by atoms with E-state index in [4.69, 9.17) is 0 Å². The molecule has 1 aromatic rings. The first-order chi connectivity index (χ1) is 11.2. The molecular formula is C19H26N2O2. The van der Waals surface area contributed by atoms with Crippen LogP contribution in [0.15, 0.2) is 36.4 Å². The summed E-state index contributed by atoms with van der Waals surface area (Å²) in [6, 6.07) is 9.79. The van der Waals surface area contributed by atoms with Gasteiger partial charge >= 0.3 is 0 Å². The first kappa shape index (κ1) is 17.3. The van der Waals surface area contributed by atoms with Crippen molar-refractivity contribution in [1.82, 2.24) is 9.80 Å². The molecular weight excluding hydrogens is 288 g/mol. The van der Waals surface area contributed by atoms with Crippen LogP contribution in [0, 0.1) is 5.92 Å². The van der Waals surface area contributed by atoms with Gasteiger partial charge in [-0.25, -0.2) is 0 Å². The predicted octanol–water partition coefficient (Wildman–Crippen LogP) is 2.81. The third-order valence-electron chi connectivity index (χ3n) is 4.46. The lowest BCUT2D eigenvalue weighted by molar-refractivity contribution is -0.140. The topological polar surface area (TPSA) is 40.6 Å². The Bertz CT molecular complexity index is 542. The van der Waals surface area contributed by atoms with Gasteiger partial charge in [0.2, 0.25) is 11.8 Å². The maximum absolute atomic E-state index is 12.4. The van der Waals surface area contributed by atoms with Crippen molar-refractivity contribution >= 4 is 17.9 Å². The van der Waals surface area contributed by atoms with Crippen LogP contribution < -0.4 is 0 Å². The average molecular weight is 314 g/mol. The molecule has 0 bridgehead atoms. The molecule has 0 spiro atoms. The van der Waals surface area contributed by atoms with Crippen LogP contribution in [0.5, 0.6) is 0 Å². The van der Waals surface area contributed by atoms with Crippen LogP contribution in [0.1, 0.15) is 32.3 Å². The second-order valence-electron chi connectivity index (χ2n) is 5.91. The summed E-state index contributed by atoms with van der Waals surface area (Å²) in [6.07, 6.45) is 5.22. The van der Waals surface area contributed by atoms with E-state index in [2.05, 4.69) is 13.8 Å². The van der Waals surface area contributed by atoms with Gasteiger partial charge in [-0.2, -0.15) is 0 Å². The van der Waals surface area contributed by atoms with E-state index < -0.39 is 0 Å². The quantitative estimate of drug-likeness (QED) is 0.784. The number of amides is 2. The fourth-order valence-electron chi connectivity index (χ4n) is 2.88. The van der Waals surface area contributed by atoms with E-state index in [1.54, 1.807) is 6.08 Å². The van der Waals surface area contributed by atoms with Gasteiger partial charge in [-0.3, -0.25) is 9.59 Å². The second kappa shape index (κ2) is 8.51. The fourth-order valence-corrected chi connectivity index (χ4v) is 2.88. The highest BCUT2D eigenvalue weighted by Gasteiger charge is 2.26. The maximum Gasteiger partial charge on any atom is 0.246 e. The first-order valence-electron chi connectivity index (χ1n) is 8.46. The molecule has 1 heterocycles. The van der Waals surface area contributed by atoms with Gasteiger partial charge in [0.25, 0.3) is 0 Å². The molecule has 2 rings (SSSR count). The monoisotopic (exact) mass is 314 g/mol. The van der Waals surface area contributed by atoms with Crippen LogP contribution in [0.3, 0.4) is 0 Å². The summed E-state index contributed by atoms with van der Waals surface area (Å²) < 4.78 is 0. The van der Waals surface area contributed by atoms with Gasteiger partial charge < -0.3 is 9.80 Å². The number of hydrogen-bond acceptors (Lipinski definition) is 2. The van der Waals surface area contributed by atoms with Crippen molar-refractivity contribution in [1.29, 1.82) is 0 Å². The zero-order chi connectivity index (χ0) is 16.7. The highest BCUT2D eigenvalue weighted by Crippen LogP contribution is 2.14. The lowest BCUT2D eigenvalue weighted by atomic mass is 10.0. The summed E-state index contributed by atoms with van der Waals surface area (Å²) in [6.45, 7) is 6.62. The van der Waals surface area contributed by atoms with Crippen LogP contribution in [0.25, 0.3) is 6.08 Å². The molecule has 0 atom stereocenters. The Morgan fingerprint density at radius 2 is 1.57 bits per heavy atom. The van der Waals surface area contributed by atoms with E-state index in [9.17, 15) is 9.59 Å². The SMILES string of the molecule is CCC(CC)C(=O)N1CCN(C(=O)/C=C/c2ccccc2)CC1. The lowest BCUT2D eigenvalue weighted by Crippen LogP contribution is -2.51. The van der Waals surface area contributed by atoms with Crippen LogP contribution in [-0.4, -0.2) is 47.8 Å². The Labute approximate surface area is 138 Å². The van der Waals surface area contributed by atoms with Gasteiger partial charge in [0.1, 0.15) is 0 Å². The molecule has 1 fully saturated rings. The van der Waals surface area contributed by atoms with Crippen molar-refractivity contribution in [2.24, 2.45) is 5.92 Å². The molecule has 1 aliphatic heterocycles. The van der Waals surface area contributed by atoms with E-state index >= 15 is 0 Å². The summed E-state index contributed by atoms with van der Waals surface area (Å²) in [5.74, 6) is 0.376. The summed E-state index contributed by atoms with van der Waals surface area (Å²) in [4.78, 5) is 28.3. The van der Waals surface area contributed by atoms with E-state index in [-0.39, 0.29) is 17.7 Å². The van der Waals surface area contributed by atoms with Crippen molar-refractivity contribution < 1.29 is 9.59 Å². The predicted molar refractivity (Wildman–Crippen MR) is 92.7 cm³/mol. The summed E-state index contributed by atoms with van der Waals surface area (Å²) >= 11 is 0. The minimum absolute atomic E-state index is 0.0171. The number of carbonyl (C=O) groups excluding carboxylic acids is 2. The molecule has 0 aromatic heterocycles. The molecule has 0 N–H and O–H groups in total. The Balaban J connectivity index is 1.85. The number of rotatable bonds is 5. The lowest BCUT2D eigenvalue weighted by Gasteiger charge is -2.35.